The SMILES string of the molecule is CC(=O)N[C@H]1CCCCC(=O)CC[C@@H](C(=O)N2CCC[C@H]2C(=O)N2CCC[C@H]2C(=O)N[C@@H](CCCNC(=N)N)C(=O)N[C@@H](CC(=O)O)C(=O)N[C@H](C)CCCCN(CC(=O)O)CC(=O)O)NC(=O)[C@H](Cc2c[nH]c3ccccc23)NC(=O)[C@H](CCCNC(=N)N)NC(=O)[C@@H](Cc2ccccc2)NC(=O)[C@H](CC2=CCC=N2)NC1=O. The third-order valence-electron chi connectivity index (χ3n) is 20.0. The second kappa shape index (κ2) is 45.0. The van der Waals surface area contributed by atoms with Crippen molar-refractivity contribution in [3.63, 3.8) is 0 Å². The van der Waals surface area contributed by atoms with Crippen molar-refractivity contribution in [3.8, 4) is 0 Å². The van der Waals surface area contributed by atoms with Gasteiger partial charge in [0.1, 0.15) is 66.2 Å². The number of allylic oxidation sites excluding steroid dienone is 1. The van der Waals surface area contributed by atoms with Crippen LogP contribution in [0.25, 0.3) is 10.9 Å². The van der Waals surface area contributed by atoms with Gasteiger partial charge in [0.15, 0.2) is 11.9 Å². The van der Waals surface area contributed by atoms with Crippen LogP contribution in [0.4, 0.5) is 0 Å². The van der Waals surface area contributed by atoms with E-state index >= 15 is 24.0 Å². The molecular formula is C76H108N20O18. The average Bonchev–Trinajstić information content (AvgIpc) is 1.61. The van der Waals surface area contributed by atoms with Crippen LogP contribution in [-0.2, 0) is 84.8 Å². The number of carbonyl (C=O) groups is 15. The van der Waals surface area contributed by atoms with Crippen LogP contribution in [0.5, 0.6) is 0 Å². The Labute approximate surface area is 658 Å². The number of aliphatic imine (C=N–C) groups is 1. The summed E-state index contributed by atoms with van der Waals surface area (Å²) in [7, 11) is 0. The topological polar surface area (TPSA) is 587 Å². The Morgan fingerprint density at radius 1 is 0.605 bits per heavy atom. The van der Waals surface area contributed by atoms with Crippen molar-refractivity contribution >= 4 is 118 Å². The van der Waals surface area contributed by atoms with E-state index in [1.807, 2.05) is 0 Å². The number of fused-ring (bicyclic) bond motifs is 1. The van der Waals surface area contributed by atoms with Gasteiger partial charge in [-0.25, -0.2) is 0 Å². The first kappa shape index (κ1) is 89.3. The number of carboxylic acid groups (broad SMARTS) is 3. The van der Waals surface area contributed by atoms with Gasteiger partial charge in [0.05, 0.1) is 19.5 Å². The van der Waals surface area contributed by atoms with Gasteiger partial charge in [0, 0.05) is 107 Å². The molecule has 0 bridgehead atoms. The van der Waals surface area contributed by atoms with Crippen LogP contribution in [-0.4, -0.2) is 254 Å². The van der Waals surface area contributed by atoms with Crippen LogP contribution in [0.15, 0.2) is 77.6 Å². The summed E-state index contributed by atoms with van der Waals surface area (Å²) in [6.07, 6.45) is 5.21. The number of aromatic nitrogens is 1. The molecule has 114 heavy (non-hydrogen) atoms. The molecule has 7 rings (SSSR count). The summed E-state index contributed by atoms with van der Waals surface area (Å²) in [5.74, 6) is -14.0. The van der Waals surface area contributed by atoms with E-state index in [9.17, 15) is 63.3 Å². The molecule has 3 saturated heterocycles. The van der Waals surface area contributed by atoms with Crippen molar-refractivity contribution in [1.82, 2.24) is 78.2 Å². The van der Waals surface area contributed by atoms with Crippen molar-refractivity contribution in [3.05, 3.63) is 83.7 Å². The number of Topliss-reactive ketones (excluding diaryl/α,β-unsaturated/α-hetero) is 1. The maximum atomic E-state index is 15.6. The largest absolute Gasteiger partial charge is 0.481 e. The third kappa shape index (κ3) is 29.0. The molecule has 0 radical (unpaired) electrons. The quantitative estimate of drug-likeness (QED) is 0.0187. The summed E-state index contributed by atoms with van der Waals surface area (Å²) in [5, 5.41) is 74.2. The van der Waals surface area contributed by atoms with E-state index in [0.29, 0.717) is 47.0 Å². The zero-order valence-electron chi connectivity index (χ0n) is 64.2. The summed E-state index contributed by atoms with van der Waals surface area (Å²) in [5.41, 5.74) is 13.4. The molecule has 11 amide bonds. The number of carboxylic acids is 3. The average molecular weight is 1590 g/mol. The second-order valence-electron chi connectivity index (χ2n) is 29.1. The lowest BCUT2D eigenvalue weighted by atomic mass is 10.00. The first-order chi connectivity index (χ1) is 54.4. The van der Waals surface area contributed by atoms with E-state index in [0.717, 1.165) is 0 Å². The Bertz CT molecular complexity index is 4010. The van der Waals surface area contributed by atoms with E-state index in [2.05, 4.69) is 68.5 Å². The number of likely N-dealkylation sites (tertiary alicyclic amines) is 2. The number of aromatic amines is 1. The van der Waals surface area contributed by atoms with E-state index in [4.69, 9.17) is 22.3 Å². The van der Waals surface area contributed by atoms with Gasteiger partial charge in [0.25, 0.3) is 0 Å². The van der Waals surface area contributed by atoms with Gasteiger partial charge in [-0.05, 0) is 114 Å². The summed E-state index contributed by atoms with van der Waals surface area (Å²) in [4.78, 5) is 221. The number of H-pyrrole nitrogens is 1. The first-order valence-electron chi connectivity index (χ1n) is 38.6. The van der Waals surface area contributed by atoms with E-state index in [1.54, 1.807) is 80.0 Å². The predicted molar refractivity (Wildman–Crippen MR) is 415 cm³/mol. The molecule has 4 aliphatic rings. The van der Waals surface area contributed by atoms with E-state index < -0.39 is 175 Å². The van der Waals surface area contributed by atoms with E-state index in [-0.39, 0.29) is 160 Å². The third-order valence-corrected chi connectivity index (χ3v) is 20.0. The fourth-order valence-electron chi connectivity index (χ4n) is 14.3. The van der Waals surface area contributed by atoms with Crippen molar-refractivity contribution in [1.29, 1.82) is 10.8 Å². The lowest BCUT2D eigenvalue weighted by Gasteiger charge is -2.34. The zero-order valence-corrected chi connectivity index (χ0v) is 64.2. The van der Waals surface area contributed by atoms with Gasteiger partial charge >= 0.3 is 17.9 Å². The van der Waals surface area contributed by atoms with E-state index in [1.165, 1.54) is 21.6 Å². The van der Waals surface area contributed by atoms with Crippen LogP contribution >= 0.6 is 0 Å². The number of nitrogens with one attached hydrogen (secondary N) is 14. The van der Waals surface area contributed by atoms with Gasteiger partial charge < -0.3 is 100 Å². The molecule has 5 heterocycles. The van der Waals surface area contributed by atoms with Crippen molar-refractivity contribution in [2.75, 3.05) is 45.8 Å². The Balaban J connectivity index is 1.17. The molecule has 1 aromatic heterocycles. The Morgan fingerprint density at radius 2 is 1.20 bits per heavy atom. The van der Waals surface area contributed by atoms with Gasteiger partial charge in [0.2, 0.25) is 65.0 Å². The molecule has 0 spiro atoms. The number of ketones is 1. The number of para-hydroxylation sites is 1. The van der Waals surface area contributed by atoms with Crippen LogP contribution in [0.2, 0.25) is 0 Å². The predicted octanol–water partition coefficient (Wildman–Crippen LogP) is -1.35. The summed E-state index contributed by atoms with van der Waals surface area (Å²) < 4.78 is 0. The minimum absolute atomic E-state index is 0.00240. The molecule has 0 saturated carbocycles. The Kier molecular flexibility index (Phi) is 35.3. The highest BCUT2D eigenvalue weighted by molar-refractivity contribution is 6.00. The van der Waals surface area contributed by atoms with Crippen molar-refractivity contribution < 1.29 is 87.2 Å². The standard InChI is InChI=1S/C76H108N20O18/c1-44(17-10-11-34-94(42-63(101)102)43-64(103)104)85-68(108)59(40-62(99)100)93-67(107)54(26-14-33-83-76(79)80)88-72(112)60-27-15-35-95(60)74(114)61-28-16-36-96(61)73(113)55-30-29-49(98)21-6-8-24-52(86-45(2)97)65(105)92-58(39-48-20-12-31-81-48)71(111)90-56(37-46-18-4-3-5-19-46)69(109)87-53(25-13-32-82-75(77)78)66(106)91-57(70(110)89-55)38-47-41-84-51-23-9-7-22-50(47)51/h3-5,7,9,18-20,22-23,31,41,44,52-61,84H,6,8,10-17,21,24-30,32-40,42-43H2,1-2H3,(H,85,108)(H,86,97)(H,87,109)(H,88,112)(H,89,110)(H,90,111)(H,91,106)(H,92,105)(H,93,107)(H,99,100)(H,101,102)(H,103,104)(H4,77,78,82)(H4,79,80,83)/t44-,52+,53+,54+,55+,56-,57+,58+,59+,60+,61+/m1/s1. The highest BCUT2D eigenvalue weighted by atomic mass is 16.4. The number of nitrogens with two attached hydrogens (primary N) is 2. The fraction of sp³-hybridized carbons (Fsp3) is 0.553. The molecule has 3 fully saturated rings. The van der Waals surface area contributed by atoms with Gasteiger partial charge in [-0.1, -0.05) is 67.4 Å². The molecule has 0 unspecified atom stereocenters. The number of amides is 11. The van der Waals surface area contributed by atoms with Crippen LogP contribution < -0.4 is 70.0 Å². The lowest BCUT2D eigenvalue weighted by Crippen LogP contribution is -2.61. The maximum absolute atomic E-state index is 15.6. The molecule has 2 aromatic carbocycles. The van der Waals surface area contributed by atoms with Crippen molar-refractivity contribution in [2.24, 2.45) is 16.5 Å². The maximum Gasteiger partial charge on any atom is 0.317 e. The van der Waals surface area contributed by atoms with Crippen LogP contribution in [0.3, 0.4) is 0 Å². The molecule has 11 atom stereocenters. The molecule has 620 valence electrons. The molecule has 4 aliphatic heterocycles. The summed E-state index contributed by atoms with van der Waals surface area (Å²) >= 11 is 0. The summed E-state index contributed by atoms with van der Waals surface area (Å²) in [6.45, 7) is 1.95. The number of hydrogen-bond acceptors (Lipinski definition) is 19. The minimum atomic E-state index is -1.69. The van der Waals surface area contributed by atoms with Gasteiger partial charge in [-0.2, -0.15) is 0 Å². The first-order valence-corrected chi connectivity index (χ1v) is 38.6. The second-order valence-corrected chi connectivity index (χ2v) is 29.1. The fourth-order valence-corrected chi connectivity index (χ4v) is 14.3. The Morgan fingerprint density at radius 3 is 1.85 bits per heavy atom. The molecule has 21 N–H and O–H groups in total. The zero-order chi connectivity index (χ0) is 83.0. The number of nitrogens with zero attached hydrogens (tertiary/aromatic N) is 4. The molecule has 3 aromatic rings. The summed E-state index contributed by atoms with van der Waals surface area (Å²) in [6, 6.07) is 0.848. The number of aliphatic carboxylic acids is 3. The van der Waals surface area contributed by atoms with Gasteiger partial charge in [-0.3, -0.25) is 92.6 Å². The normalized spacial score (nSPS) is 21.6. The molecular weight excluding hydrogens is 1480 g/mol. The Hall–Kier alpha value is -11.9. The highest BCUT2D eigenvalue weighted by Crippen LogP contribution is 2.28. The number of rotatable bonds is 34. The smallest absolute Gasteiger partial charge is 0.317 e. The minimum Gasteiger partial charge on any atom is -0.481 e. The van der Waals surface area contributed by atoms with Gasteiger partial charge in [-0.15, -0.1) is 0 Å². The molecule has 0 aliphatic carbocycles. The highest BCUT2D eigenvalue weighted by Gasteiger charge is 2.45. The number of guanidine groups is 2. The number of hydrogen-bond donors (Lipinski definition) is 19. The number of carbonyl (C=O) groups excluding carboxylic acids is 12. The van der Waals surface area contributed by atoms with Crippen LogP contribution in [0, 0.1) is 10.8 Å². The lowest BCUT2D eigenvalue weighted by molar-refractivity contribution is -0.148. The monoisotopic (exact) mass is 1590 g/mol. The van der Waals surface area contributed by atoms with Crippen LogP contribution in [0.1, 0.15) is 153 Å². The number of benzene rings is 2. The molecule has 38 heteroatoms. The molecule has 38 nitrogen and oxygen atoms in total. The van der Waals surface area contributed by atoms with Crippen molar-refractivity contribution in [2.45, 2.75) is 222 Å². The number of unbranched alkanes of at least 4 members (excludes halogenated alkanes) is 1.